The predicted molar refractivity (Wildman–Crippen MR) is 72.4 cm³/mol. The third-order valence-electron chi connectivity index (χ3n) is 2.75. The van der Waals surface area contributed by atoms with Crippen LogP contribution in [0.2, 0.25) is 0 Å². The summed E-state index contributed by atoms with van der Waals surface area (Å²) in [7, 11) is 1.65. The third kappa shape index (κ3) is 5.04. The van der Waals surface area contributed by atoms with E-state index in [0.717, 1.165) is 18.5 Å². The molecule has 0 unspecified atom stereocenters. The lowest BCUT2D eigenvalue weighted by Gasteiger charge is -2.10. The van der Waals surface area contributed by atoms with Crippen LogP contribution >= 0.6 is 0 Å². The first-order valence-corrected chi connectivity index (χ1v) is 6.60. The van der Waals surface area contributed by atoms with Gasteiger partial charge in [0.25, 0.3) is 0 Å². The van der Waals surface area contributed by atoms with Crippen LogP contribution in [0.1, 0.15) is 29.4 Å². The van der Waals surface area contributed by atoms with Gasteiger partial charge in [-0.25, -0.2) is 4.79 Å². The number of aryl methyl sites for hydroxylation is 2. The maximum atomic E-state index is 11.8. The first-order valence-electron chi connectivity index (χ1n) is 6.60. The van der Waals surface area contributed by atoms with Gasteiger partial charge in [-0.3, -0.25) is 0 Å². The number of hydrogen-bond donors (Lipinski definition) is 0. The summed E-state index contributed by atoms with van der Waals surface area (Å²) in [5.41, 5.74) is 1.58. The van der Waals surface area contributed by atoms with E-state index in [2.05, 4.69) is 0 Å². The highest BCUT2D eigenvalue weighted by molar-refractivity contribution is 5.89. The number of aromatic nitrogens is 1. The molecule has 0 saturated carbocycles. The summed E-state index contributed by atoms with van der Waals surface area (Å²) in [6, 6.07) is 1.93. The summed E-state index contributed by atoms with van der Waals surface area (Å²) in [6.45, 7) is 6.73. The highest BCUT2D eigenvalue weighted by atomic mass is 16.5. The van der Waals surface area contributed by atoms with Crippen molar-refractivity contribution in [2.45, 2.75) is 26.8 Å². The van der Waals surface area contributed by atoms with Gasteiger partial charge in [0.1, 0.15) is 5.69 Å². The Bertz CT molecular complexity index is 387. The number of carbonyl (C=O) groups is 1. The van der Waals surface area contributed by atoms with E-state index in [1.54, 1.807) is 7.11 Å². The average Bonchev–Trinajstić information content (AvgIpc) is 2.75. The van der Waals surface area contributed by atoms with Gasteiger partial charge < -0.3 is 18.8 Å². The molecule has 1 heterocycles. The van der Waals surface area contributed by atoms with Gasteiger partial charge in [-0.2, -0.15) is 0 Å². The minimum atomic E-state index is -0.259. The second-order valence-electron chi connectivity index (χ2n) is 4.22. The average molecular weight is 269 g/mol. The highest BCUT2D eigenvalue weighted by Gasteiger charge is 2.15. The molecule has 108 valence electrons. The van der Waals surface area contributed by atoms with E-state index in [1.807, 2.05) is 30.7 Å². The highest BCUT2D eigenvalue weighted by Crippen LogP contribution is 2.12. The van der Waals surface area contributed by atoms with Crippen molar-refractivity contribution in [1.82, 2.24) is 4.57 Å². The van der Waals surface area contributed by atoms with E-state index in [9.17, 15) is 4.79 Å². The molecule has 0 aliphatic carbocycles. The van der Waals surface area contributed by atoms with Crippen molar-refractivity contribution in [3.63, 3.8) is 0 Å². The fourth-order valence-corrected chi connectivity index (χ4v) is 1.83. The van der Waals surface area contributed by atoms with E-state index in [-0.39, 0.29) is 5.97 Å². The van der Waals surface area contributed by atoms with Gasteiger partial charge in [0.15, 0.2) is 0 Å². The van der Waals surface area contributed by atoms with Crippen molar-refractivity contribution in [1.29, 1.82) is 0 Å². The molecule has 0 fully saturated rings. The zero-order chi connectivity index (χ0) is 14.1. The van der Waals surface area contributed by atoms with Gasteiger partial charge in [-0.15, -0.1) is 0 Å². The first kappa shape index (κ1) is 15.7. The predicted octanol–water partition coefficient (Wildman–Crippen LogP) is 2.03. The Kier molecular flexibility index (Phi) is 7.22. The maximum absolute atomic E-state index is 11.8. The topological polar surface area (TPSA) is 49.7 Å². The lowest BCUT2D eigenvalue weighted by atomic mass is 10.2. The SMILES string of the molecule is CCOC(=O)c1c(C)ccn1CCCOCCOC. The fraction of sp³-hybridized carbons (Fsp3) is 0.643. The Balaban J connectivity index is 2.43. The Morgan fingerprint density at radius 2 is 2.11 bits per heavy atom. The molecule has 0 saturated heterocycles. The number of rotatable bonds is 9. The quantitative estimate of drug-likeness (QED) is 0.508. The van der Waals surface area contributed by atoms with E-state index >= 15 is 0 Å². The molecule has 1 rings (SSSR count). The van der Waals surface area contributed by atoms with Crippen LogP contribution in [0, 0.1) is 6.92 Å². The number of methoxy groups -OCH3 is 1. The summed E-state index contributed by atoms with van der Waals surface area (Å²) in [6.07, 6.45) is 2.76. The van der Waals surface area contributed by atoms with Crippen molar-refractivity contribution in [3.05, 3.63) is 23.5 Å². The second kappa shape index (κ2) is 8.72. The van der Waals surface area contributed by atoms with Gasteiger partial charge in [-0.05, 0) is 31.9 Å². The number of ether oxygens (including phenoxy) is 3. The van der Waals surface area contributed by atoms with E-state index < -0.39 is 0 Å². The van der Waals surface area contributed by atoms with Crippen molar-refractivity contribution in [3.8, 4) is 0 Å². The van der Waals surface area contributed by atoms with Gasteiger partial charge in [0, 0.05) is 26.5 Å². The molecular weight excluding hydrogens is 246 g/mol. The van der Waals surface area contributed by atoms with E-state index in [1.165, 1.54) is 0 Å². The van der Waals surface area contributed by atoms with Crippen LogP contribution in [-0.4, -0.2) is 44.1 Å². The van der Waals surface area contributed by atoms with Crippen molar-refractivity contribution in [2.24, 2.45) is 0 Å². The molecule has 0 N–H and O–H groups in total. The lowest BCUT2D eigenvalue weighted by molar-refractivity contribution is 0.0508. The molecule has 0 aliphatic heterocycles. The van der Waals surface area contributed by atoms with Crippen LogP contribution < -0.4 is 0 Å². The van der Waals surface area contributed by atoms with E-state index in [0.29, 0.717) is 32.1 Å². The molecule has 5 nitrogen and oxygen atoms in total. The molecule has 0 aliphatic rings. The molecule has 5 heteroatoms. The Morgan fingerprint density at radius 1 is 1.32 bits per heavy atom. The summed E-state index contributed by atoms with van der Waals surface area (Å²) in [4.78, 5) is 11.8. The van der Waals surface area contributed by atoms with Gasteiger partial charge in [0.05, 0.1) is 19.8 Å². The standard InChI is InChI=1S/C14H23NO4/c1-4-19-14(16)13-12(2)6-8-15(13)7-5-9-18-11-10-17-3/h6,8H,4-5,7,9-11H2,1-3H3. The molecule has 0 bridgehead atoms. The molecule has 1 aromatic rings. The van der Waals surface area contributed by atoms with E-state index in [4.69, 9.17) is 14.2 Å². The first-order chi connectivity index (χ1) is 9.20. The maximum Gasteiger partial charge on any atom is 0.355 e. The Labute approximate surface area is 114 Å². The van der Waals surface area contributed by atoms with Crippen LogP contribution in [0.3, 0.4) is 0 Å². The summed E-state index contributed by atoms with van der Waals surface area (Å²) < 4.78 is 17.3. The molecule has 0 radical (unpaired) electrons. The van der Waals surface area contributed by atoms with Crippen LogP contribution in [0.5, 0.6) is 0 Å². The molecule has 0 spiro atoms. The monoisotopic (exact) mass is 269 g/mol. The minimum Gasteiger partial charge on any atom is -0.461 e. The smallest absolute Gasteiger partial charge is 0.355 e. The van der Waals surface area contributed by atoms with Crippen LogP contribution in [0.15, 0.2) is 12.3 Å². The Hall–Kier alpha value is -1.33. The molecule has 0 aromatic carbocycles. The minimum absolute atomic E-state index is 0.259. The fourth-order valence-electron chi connectivity index (χ4n) is 1.83. The molecular formula is C14H23NO4. The van der Waals surface area contributed by atoms with Gasteiger partial charge >= 0.3 is 5.97 Å². The van der Waals surface area contributed by atoms with Crippen LogP contribution in [0.25, 0.3) is 0 Å². The molecule has 0 amide bonds. The lowest BCUT2D eigenvalue weighted by Crippen LogP contribution is -2.14. The van der Waals surface area contributed by atoms with Crippen molar-refractivity contribution >= 4 is 5.97 Å². The van der Waals surface area contributed by atoms with Gasteiger partial charge in [-0.1, -0.05) is 0 Å². The number of carbonyl (C=O) groups excluding carboxylic acids is 1. The second-order valence-corrected chi connectivity index (χ2v) is 4.22. The zero-order valence-corrected chi connectivity index (χ0v) is 12.0. The van der Waals surface area contributed by atoms with Crippen LogP contribution in [-0.2, 0) is 20.8 Å². The normalized spacial score (nSPS) is 10.7. The largest absolute Gasteiger partial charge is 0.461 e. The van der Waals surface area contributed by atoms with Crippen molar-refractivity contribution in [2.75, 3.05) is 33.5 Å². The third-order valence-corrected chi connectivity index (χ3v) is 2.75. The molecule has 1 aromatic heterocycles. The number of esters is 1. The molecule has 19 heavy (non-hydrogen) atoms. The zero-order valence-electron chi connectivity index (χ0n) is 12.0. The number of nitrogens with zero attached hydrogens (tertiary/aromatic N) is 1. The van der Waals surface area contributed by atoms with Crippen molar-refractivity contribution < 1.29 is 19.0 Å². The Morgan fingerprint density at radius 3 is 2.79 bits per heavy atom. The van der Waals surface area contributed by atoms with Gasteiger partial charge in [0.2, 0.25) is 0 Å². The summed E-state index contributed by atoms with van der Waals surface area (Å²) in [5, 5.41) is 0. The van der Waals surface area contributed by atoms with Crippen LogP contribution in [0.4, 0.5) is 0 Å². The summed E-state index contributed by atoms with van der Waals surface area (Å²) in [5.74, 6) is -0.259. The number of hydrogen-bond acceptors (Lipinski definition) is 4. The summed E-state index contributed by atoms with van der Waals surface area (Å²) >= 11 is 0. The molecule has 0 atom stereocenters.